The summed E-state index contributed by atoms with van der Waals surface area (Å²) in [6, 6.07) is 7.46. The molecular weight excluding hydrogens is 336 g/mol. The van der Waals surface area contributed by atoms with E-state index in [-0.39, 0.29) is 0 Å². The number of hydrogen-bond acceptors (Lipinski definition) is 5. The van der Waals surface area contributed by atoms with Crippen molar-refractivity contribution in [1.29, 1.82) is 0 Å². The lowest BCUT2D eigenvalue weighted by atomic mass is 9.90. The van der Waals surface area contributed by atoms with Crippen LogP contribution in [0.25, 0.3) is 10.6 Å². The van der Waals surface area contributed by atoms with Crippen molar-refractivity contribution in [2.75, 3.05) is 13.2 Å². The molecular formula is C19H22N2O3S. The number of morpholine rings is 1. The highest BCUT2D eigenvalue weighted by molar-refractivity contribution is 7.13. The molecule has 4 rings (SSSR count). The number of rotatable bonds is 4. The van der Waals surface area contributed by atoms with Crippen molar-refractivity contribution in [1.82, 2.24) is 9.88 Å². The van der Waals surface area contributed by atoms with Crippen molar-refractivity contribution in [2.24, 2.45) is 0 Å². The molecule has 1 aromatic heterocycles. The van der Waals surface area contributed by atoms with E-state index in [4.69, 9.17) is 14.8 Å². The maximum absolute atomic E-state index is 11.0. The van der Waals surface area contributed by atoms with Gasteiger partial charge in [0.2, 0.25) is 0 Å². The van der Waals surface area contributed by atoms with Crippen LogP contribution in [0, 0.1) is 0 Å². The van der Waals surface area contributed by atoms with Crippen LogP contribution in [-0.2, 0) is 11.3 Å². The first kappa shape index (κ1) is 16.7. The number of carboxylic acids is 1. The third kappa shape index (κ3) is 3.61. The van der Waals surface area contributed by atoms with Crippen molar-refractivity contribution in [3.05, 3.63) is 40.9 Å². The number of carboxylic acid groups (broad SMARTS) is 1. The molecule has 2 heterocycles. The quantitative estimate of drug-likeness (QED) is 0.904. The standard InChI is InChI=1S/C19H22N2O3S/c22-19(23)14-7-5-13(6-8-14)18-20-15(12-25-18)11-21-9-10-24-17-4-2-1-3-16(17)21/h5-8,12,16-17H,1-4,9-11H2,(H,22,23). The van der Waals surface area contributed by atoms with Gasteiger partial charge < -0.3 is 9.84 Å². The van der Waals surface area contributed by atoms with Crippen LogP contribution >= 0.6 is 11.3 Å². The zero-order chi connectivity index (χ0) is 17.2. The Kier molecular flexibility index (Phi) is 4.83. The van der Waals surface area contributed by atoms with Crippen LogP contribution in [0.15, 0.2) is 29.6 Å². The number of benzene rings is 1. The van der Waals surface area contributed by atoms with Crippen molar-refractivity contribution < 1.29 is 14.6 Å². The van der Waals surface area contributed by atoms with E-state index in [0.29, 0.717) is 17.7 Å². The van der Waals surface area contributed by atoms with Gasteiger partial charge in [0.25, 0.3) is 0 Å². The fraction of sp³-hybridized carbons (Fsp3) is 0.474. The van der Waals surface area contributed by atoms with Crippen molar-refractivity contribution in [3.63, 3.8) is 0 Å². The first-order valence-corrected chi connectivity index (χ1v) is 9.72. The zero-order valence-corrected chi connectivity index (χ0v) is 14.9. The molecule has 2 aliphatic rings. The first-order valence-electron chi connectivity index (χ1n) is 8.84. The molecule has 1 aliphatic carbocycles. The van der Waals surface area contributed by atoms with E-state index in [1.807, 2.05) is 12.1 Å². The molecule has 2 atom stereocenters. The lowest BCUT2D eigenvalue weighted by Crippen LogP contribution is -2.52. The van der Waals surface area contributed by atoms with Crippen LogP contribution in [0.4, 0.5) is 0 Å². The summed E-state index contributed by atoms with van der Waals surface area (Å²) in [4.78, 5) is 18.3. The molecule has 25 heavy (non-hydrogen) atoms. The van der Waals surface area contributed by atoms with Gasteiger partial charge in [-0.3, -0.25) is 4.90 Å². The second-order valence-electron chi connectivity index (χ2n) is 6.76. The Morgan fingerprint density at radius 2 is 2.08 bits per heavy atom. The van der Waals surface area contributed by atoms with E-state index in [0.717, 1.165) is 36.0 Å². The van der Waals surface area contributed by atoms with Crippen LogP contribution in [0.3, 0.4) is 0 Å². The van der Waals surface area contributed by atoms with Gasteiger partial charge in [-0.05, 0) is 25.0 Å². The topological polar surface area (TPSA) is 62.7 Å². The number of fused-ring (bicyclic) bond motifs is 1. The SMILES string of the molecule is O=C(O)c1ccc(-c2nc(CN3CCOC4CCCCC43)cs2)cc1. The minimum atomic E-state index is -0.902. The molecule has 1 aliphatic heterocycles. The summed E-state index contributed by atoms with van der Waals surface area (Å²) in [5, 5.41) is 12.1. The molecule has 0 radical (unpaired) electrons. The van der Waals surface area contributed by atoms with Crippen LogP contribution in [0.2, 0.25) is 0 Å². The van der Waals surface area contributed by atoms with Gasteiger partial charge >= 0.3 is 5.97 Å². The molecule has 1 aromatic carbocycles. The van der Waals surface area contributed by atoms with E-state index in [9.17, 15) is 4.79 Å². The summed E-state index contributed by atoms with van der Waals surface area (Å²) in [5.41, 5.74) is 2.37. The van der Waals surface area contributed by atoms with Crippen molar-refractivity contribution in [2.45, 2.75) is 44.4 Å². The summed E-state index contributed by atoms with van der Waals surface area (Å²) < 4.78 is 5.95. The lowest BCUT2D eigenvalue weighted by molar-refractivity contribution is -0.0914. The van der Waals surface area contributed by atoms with Crippen LogP contribution in [0.5, 0.6) is 0 Å². The molecule has 2 aromatic rings. The third-order valence-electron chi connectivity index (χ3n) is 5.14. The van der Waals surface area contributed by atoms with E-state index >= 15 is 0 Å². The Morgan fingerprint density at radius 1 is 1.28 bits per heavy atom. The fourth-order valence-corrected chi connectivity index (χ4v) is 4.67. The van der Waals surface area contributed by atoms with Crippen LogP contribution in [-0.4, -0.2) is 46.3 Å². The lowest BCUT2D eigenvalue weighted by Gasteiger charge is -2.43. The van der Waals surface area contributed by atoms with Gasteiger partial charge in [0, 0.05) is 30.1 Å². The van der Waals surface area contributed by atoms with E-state index in [2.05, 4.69) is 10.3 Å². The predicted octanol–water partition coefficient (Wildman–Crippen LogP) is 3.65. The Morgan fingerprint density at radius 3 is 2.88 bits per heavy atom. The normalized spacial score (nSPS) is 24.0. The molecule has 0 amide bonds. The smallest absolute Gasteiger partial charge is 0.335 e. The van der Waals surface area contributed by atoms with Gasteiger partial charge in [0.15, 0.2) is 0 Å². The Labute approximate surface area is 151 Å². The van der Waals surface area contributed by atoms with Crippen molar-refractivity contribution in [3.8, 4) is 10.6 Å². The molecule has 1 saturated heterocycles. The highest BCUT2D eigenvalue weighted by Gasteiger charge is 2.34. The average molecular weight is 358 g/mol. The molecule has 6 heteroatoms. The highest BCUT2D eigenvalue weighted by Crippen LogP contribution is 2.30. The van der Waals surface area contributed by atoms with Gasteiger partial charge in [0.05, 0.1) is 24.0 Å². The largest absolute Gasteiger partial charge is 0.478 e. The van der Waals surface area contributed by atoms with E-state index in [1.54, 1.807) is 23.5 Å². The van der Waals surface area contributed by atoms with Crippen molar-refractivity contribution >= 4 is 17.3 Å². The number of hydrogen-bond donors (Lipinski definition) is 1. The molecule has 0 bridgehead atoms. The van der Waals surface area contributed by atoms with Gasteiger partial charge in [0.1, 0.15) is 5.01 Å². The second kappa shape index (κ2) is 7.23. The number of thiazole rings is 1. The summed E-state index contributed by atoms with van der Waals surface area (Å²) in [5.74, 6) is -0.902. The Bertz CT molecular complexity index is 741. The molecule has 2 unspecified atom stereocenters. The second-order valence-corrected chi connectivity index (χ2v) is 7.62. The maximum atomic E-state index is 11.0. The number of ether oxygens (including phenoxy) is 1. The molecule has 132 valence electrons. The molecule has 5 nitrogen and oxygen atoms in total. The van der Waals surface area contributed by atoms with Gasteiger partial charge in [-0.15, -0.1) is 11.3 Å². The fourth-order valence-electron chi connectivity index (χ4n) is 3.85. The van der Waals surface area contributed by atoms with Crippen LogP contribution < -0.4 is 0 Å². The number of nitrogens with zero attached hydrogens (tertiary/aromatic N) is 2. The van der Waals surface area contributed by atoms with Crippen LogP contribution in [0.1, 0.15) is 41.7 Å². The molecule has 2 fully saturated rings. The first-order chi connectivity index (χ1) is 12.2. The van der Waals surface area contributed by atoms with Gasteiger partial charge in [-0.25, -0.2) is 9.78 Å². The summed E-state index contributed by atoms with van der Waals surface area (Å²) >= 11 is 1.62. The number of carbonyl (C=O) groups is 1. The number of aromatic nitrogens is 1. The predicted molar refractivity (Wildman–Crippen MR) is 96.9 cm³/mol. The van der Waals surface area contributed by atoms with E-state index < -0.39 is 5.97 Å². The maximum Gasteiger partial charge on any atom is 0.335 e. The minimum absolute atomic E-state index is 0.303. The van der Waals surface area contributed by atoms with Gasteiger partial charge in [-0.2, -0.15) is 0 Å². The average Bonchev–Trinajstić information content (AvgIpc) is 3.11. The highest BCUT2D eigenvalue weighted by atomic mass is 32.1. The zero-order valence-electron chi connectivity index (χ0n) is 14.1. The summed E-state index contributed by atoms with van der Waals surface area (Å²) in [6.45, 7) is 2.66. The molecule has 0 spiro atoms. The van der Waals surface area contributed by atoms with Gasteiger partial charge in [-0.1, -0.05) is 25.0 Å². The Balaban J connectivity index is 1.46. The summed E-state index contributed by atoms with van der Waals surface area (Å²) in [6.07, 6.45) is 5.36. The molecule has 1 N–H and O–H groups in total. The number of aromatic carboxylic acids is 1. The third-order valence-corrected chi connectivity index (χ3v) is 6.08. The van der Waals surface area contributed by atoms with E-state index in [1.165, 1.54) is 25.7 Å². The molecule has 1 saturated carbocycles. The minimum Gasteiger partial charge on any atom is -0.478 e. The summed E-state index contributed by atoms with van der Waals surface area (Å²) in [7, 11) is 0. The monoisotopic (exact) mass is 358 g/mol. The Hall–Kier alpha value is -1.76.